The van der Waals surface area contributed by atoms with Crippen molar-refractivity contribution in [3.8, 4) is 0 Å². The van der Waals surface area contributed by atoms with Crippen LogP contribution in [0.5, 0.6) is 0 Å². The molecule has 0 aliphatic rings. The molecule has 0 aromatic heterocycles. The minimum Gasteiger partial charge on any atom is -0.500 e. The van der Waals surface area contributed by atoms with Gasteiger partial charge in [0.15, 0.2) is 0 Å². The van der Waals surface area contributed by atoms with Gasteiger partial charge in [-0.2, -0.15) is 0 Å². The van der Waals surface area contributed by atoms with Gasteiger partial charge in [0.25, 0.3) is 0 Å². The summed E-state index contributed by atoms with van der Waals surface area (Å²) in [4.78, 5) is 11.0. The molecule has 0 aromatic carbocycles. The third-order valence-corrected chi connectivity index (χ3v) is 2.14. The third kappa shape index (κ3) is 4.16. The number of hydrogen-bond acceptors (Lipinski definition) is 4. The maximum absolute atomic E-state index is 11.0. The lowest BCUT2D eigenvalue weighted by Crippen LogP contribution is -2.21. The normalized spacial score (nSPS) is 15.3. The molecule has 0 spiro atoms. The summed E-state index contributed by atoms with van der Waals surface area (Å²) in [5, 5.41) is 0. The highest BCUT2D eigenvalue weighted by Gasteiger charge is 2.19. The van der Waals surface area contributed by atoms with E-state index in [1.165, 1.54) is 20.3 Å². The molecule has 15 heavy (non-hydrogen) atoms. The first-order valence-corrected chi connectivity index (χ1v) is 4.59. The number of hydrogen-bond donors (Lipinski definition) is 0. The fourth-order valence-corrected chi connectivity index (χ4v) is 1.22. The zero-order valence-electron chi connectivity index (χ0n) is 9.65. The average molecular weight is 214 g/mol. The molecule has 4 heteroatoms. The van der Waals surface area contributed by atoms with E-state index in [-0.39, 0.29) is 12.0 Å². The predicted molar refractivity (Wildman–Crippen MR) is 57.3 cm³/mol. The number of ether oxygens (including phenoxy) is 3. The molecule has 2 atom stereocenters. The molecule has 0 aliphatic heterocycles. The highest BCUT2D eigenvalue weighted by Crippen LogP contribution is 2.18. The summed E-state index contributed by atoms with van der Waals surface area (Å²) < 4.78 is 14.8. The van der Waals surface area contributed by atoms with Crippen molar-refractivity contribution < 1.29 is 19.0 Å². The lowest BCUT2D eigenvalue weighted by atomic mass is 10.0. The monoisotopic (exact) mass is 214 g/mol. The fraction of sp³-hybridized carbons (Fsp3) is 0.545. The van der Waals surface area contributed by atoms with E-state index in [1.54, 1.807) is 13.2 Å². The predicted octanol–water partition coefficient (Wildman–Crippen LogP) is 1.53. The van der Waals surface area contributed by atoms with E-state index in [1.807, 2.05) is 6.92 Å². The van der Waals surface area contributed by atoms with Crippen LogP contribution in [0.15, 0.2) is 24.5 Å². The molecule has 0 saturated carbocycles. The van der Waals surface area contributed by atoms with E-state index in [0.717, 1.165) is 0 Å². The SMILES string of the molecule is C=C[C@H](OC)[C@@H](C)/C(=C/C(=O)OC)OC. The second-order valence-corrected chi connectivity index (χ2v) is 3.00. The lowest BCUT2D eigenvalue weighted by Gasteiger charge is -2.20. The lowest BCUT2D eigenvalue weighted by molar-refractivity contribution is -0.135. The van der Waals surface area contributed by atoms with Crippen LogP contribution in [-0.4, -0.2) is 33.4 Å². The molecule has 0 radical (unpaired) electrons. The van der Waals surface area contributed by atoms with Gasteiger partial charge in [-0.3, -0.25) is 0 Å². The molecule has 0 bridgehead atoms. The van der Waals surface area contributed by atoms with Crippen molar-refractivity contribution in [3.63, 3.8) is 0 Å². The molecule has 0 unspecified atom stereocenters. The van der Waals surface area contributed by atoms with Gasteiger partial charge < -0.3 is 14.2 Å². The van der Waals surface area contributed by atoms with Crippen LogP contribution in [0.2, 0.25) is 0 Å². The Labute approximate surface area is 90.5 Å². The highest BCUT2D eigenvalue weighted by atomic mass is 16.5. The van der Waals surface area contributed by atoms with E-state index in [0.29, 0.717) is 5.76 Å². The van der Waals surface area contributed by atoms with Gasteiger partial charge in [0.2, 0.25) is 0 Å². The highest BCUT2D eigenvalue weighted by molar-refractivity contribution is 5.82. The first-order chi connectivity index (χ1) is 7.10. The molecular formula is C11H18O4. The van der Waals surface area contributed by atoms with Crippen LogP contribution < -0.4 is 0 Å². The van der Waals surface area contributed by atoms with Crippen LogP contribution >= 0.6 is 0 Å². The molecule has 0 saturated heterocycles. The van der Waals surface area contributed by atoms with Gasteiger partial charge in [-0.25, -0.2) is 4.79 Å². The molecule has 4 nitrogen and oxygen atoms in total. The van der Waals surface area contributed by atoms with Crippen LogP contribution in [0.25, 0.3) is 0 Å². The van der Waals surface area contributed by atoms with Crippen LogP contribution in [0.4, 0.5) is 0 Å². The standard InChI is InChI=1S/C11H18O4/c1-6-9(13-3)8(2)10(14-4)7-11(12)15-5/h6-9H,1H2,2-5H3/b10-7-/t8-,9+/m1/s1. The fourth-order valence-electron chi connectivity index (χ4n) is 1.22. The summed E-state index contributed by atoms with van der Waals surface area (Å²) in [7, 11) is 4.40. The zero-order valence-corrected chi connectivity index (χ0v) is 9.65. The van der Waals surface area contributed by atoms with Crippen molar-refractivity contribution in [2.24, 2.45) is 5.92 Å². The van der Waals surface area contributed by atoms with Gasteiger partial charge in [-0.1, -0.05) is 13.0 Å². The van der Waals surface area contributed by atoms with E-state index in [9.17, 15) is 4.79 Å². The van der Waals surface area contributed by atoms with E-state index in [4.69, 9.17) is 9.47 Å². The number of carbonyl (C=O) groups is 1. The molecule has 0 rings (SSSR count). The Bertz CT molecular complexity index is 245. The van der Waals surface area contributed by atoms with Gasteiger partial charge in [0, 0.05) is 13.0 Å². The number of carbonyl (C=O) groups excluding carboxylic acids is 1. The summed E-state index contributed by atoms with van der Waals surface area (Å²) >= 11 is 0. The molecular weight excluding hydrogens is 196 g/mol. The van der Waals surface area contributed by atoms with Crippen molar-refractivity contribution in [2.75, 3.05) is 21.3 Å². The number of methoxy groups -OCH3 is 3. The molecule has 86 valence electrons. The Morgan fingerprint density at radius 2 is 1.87 bits per heavy atom. The Morgan fingerprint density at radius 1 is 1.27 bits per heavy atom. The molecule has 0 N–H and O–H groups in total. The van der Waals surface area contributed by atoms with Crippen molar-refractivity contribution in [2.45, 2.75) is 13.0 Å². The van der Waals surface area contributed by atoms with Crippen LogP contribution in [0, 0.1) is 5.92 Å². The maximum atomic E-state index is 11.0. The Morgan fingerprint density at radius 3 is 2.20 bits per heavy atom. The zero-order chi connectivity index (χ0) is 11.8. The minimum absolute atomic E-state index is 0.0865. The summed E-state index contributed by atoms with van der Waals surface area (Å²) in [6.45, 7) is 5.53. The Hall–Kier alpha value is -1.29. The van der Waals surface area contributed by atoms with Gasteiger partial charge in [-0.05, 0) is 0 Å². The number of rotatable bonds is 6. The summed E-state index contributed by atoms with van der Waals surface area (Å²) in [6.07, 6.45) is 2.77. The summed E-state index contributed by atoms with van der Waals surface area (Å²) in [5.41, 5.74) is 0. The van der Waals surface area contributed by atoms with Gasteiger partial charge in [0.05, 0.1) is 26.4 Å². The first kappa shape index (κ1) is 13.7. The average Bonchev–Trinajstić information content (AvgIpc) is 2.26. The van der Waals surface area contributed by atoms with Crippen LogP contribution in [0.1, 0.15) is 6.92 Å². The van der Waals surface area contributed by atoms with E-state index >= 15 is 0 Å². The molecule has 0 aromatic rings. The molecule has 0 heterocycles. The van der Waals surface area contributed by atoms with Gasteiger partial charge in [-0.15, -0.1) is 6.58 Å². The van der Waals surface area contributed by atoms with Crippen LogP contribution in [0.3, 0.4) is 0 Å². The Balaban J connectivity index is 4.72. The largest absolute Gasteiger partial charge is 0.500 e. The van der Waals surface area contributed by atoms with E-state index in [2.05, 4.69) is 11.3 Å². The Kier molecular flexibility index (Phi) is 6.45. The van der Waals surface area contributed by atoms with Crippen LogP contribution in [-0.2, 0) is 19.0 Å². The maximum Gasteiger partial charge on any atom is 0.333 e. The first-order valence-electron chi connectivity index (χ1n) is 4.59. The molecule has 0 amide bonds. The smallest absolute Gasteiger partial charge is 0.333 e. The minimum atomic E-state index is -0.447. The van der Waals surface area contributed by atoms with Gasteiger partial charge in [0.1, 0.15) is 5.76 Å². The molecule has 0 aliphatic carbocycles. The van der Waals surface area contributed by atoms with Crippen molar-refractivity contribution >= 4 is 5.97 Å². The van der Waals surface area contributed by atoms with E-state index < -0.39 is 5.97 Å². The summed E-state index contributed by atoms with van der Waals surface area (Å²) in [5.74, 6) is -0.0252. The second-order valence-electron chi connectivity index (χ2n) is 3.00. The van der Waals surface area contributed by atoms with Crippen molar-refractivity contribution in [3.05, 3.63) is 24.5 Å². The molecule has 0 fully saturated rings. The van der Waals surface area contributed by atoms with Crippen molar-refractivity contribution in [1.82, 2.24) is 0 Å². The summed E-state index contributed by atoms with van der Waals surface area (Å²) in [6, 6.07) is 0. The van der Waals surface area contributed by atoms with Gasteiger partial charge >= 0.3 is 5.97 Å². The third-order valence-electron chi connectivity index (χ3n) is 2.14. The number of esters is 1. The second kappa shape index (κ2) is 7.06. The topological polar surface area (TPSA) is 44.8 Å². The quantitative estimate of drug-likeness (QED) is 0.291. The van der Waals surface area contributed by atoms with Crippen molar-refractivity contribution in [1.29, 1.82) is 0 Å².